The van der Waals surface area contributed by atoms with Crippen molar-refractivity contribution in [3.63, 3.8) is 0 Å². The third-order valence-electron chi connectivity index (χ3n) is 3.86. The van der Waals surface area contributed by atoms with Crippen LogP contribution in [-0.2, 0) is 13.0 Å². The summed E-state index contributed by atoms with van der Waals surface area (Å²) in [7, 11) is 0. The molecular weight excluding hydrogens is 250 g/mol. The van der Waals surface area contributed by atoms with Crippen LogP contribution in [0.1, 0.15) is 41.3 Å². The quantitative estimate of drug-likeness (QED) is 0.828. The van der Waals surface area contributed by atoms with Crippen LogP contribution in [0.2, 0.25) is 0 Å². The summed E-state index contributed by atoms with van der Waals surface area (Å²) >= 11 is 0. The first-order chi connectivity index (χ1) is 9.70. The fourth-order valence-electron chi connectivity index (χ4n) is 2.66. The number of benzene rings is 1. The van der Waals surface area contributed by atoms with Gasteiger partial charge >= 0.3 is 0 Å². The minimum absolute atomic E-state index is 0.307. The number of unbranched alkanes of at least 4 members (excludes halogenated alkanes) is 1. The van der Waals surface area contributed by atoms with Gasteiger partial charge < -0.3 is 11.1 Å². The number of nitrogens with one attached hydrogen (secondary N) is 1. The van der Waals surface area contributed by atoms with E-state index in [9.17, 15) is 4.79 Å². The molecule has 0 atom stereocenters. The number of amides is 1. The summed E-state index contributed by atoms with van der Waals surface area (Å²) in [5, 5.41) is 3.35. The fourth-order valence-corrected chi connectivity index (χ4v) is 2.66. The molecule has 1 aliphatic rings. The maximum Gasteiger partial charge on any atom is 0.248 e. The Morgan fingerprint density at radius 2 is 2.10 bits per heavy atom. The number of piperazine rings is 1. The van der Waals surface area contributed by atoms with Crippen LogP contribution in [0.5, 0.6) is 0 Å². The van der Waals surface area contributed by atoms with Gasteiger partial charge in [-0.2, -0.15) is 0 Å². The number of carbonyl (C=O) groups excluding carboxylic acids is 1. The van der Waals surface area contributed by atoms with Crippen molar-refractivity contribution in [3.8, 4) is 0 Å². The van der Waals surface area contributed by atoms with Crippen molar-refractivity contribution >= 4 is 5.91 Å². The van der Waals surface area contributed by atoms with E-state index < -0.39 is 0 Å². The van der Waals surface area contributed by atoms with Crippen LogP contribution >= 0.6 is 0 Å². The standard InChI is InChI=1S/C16H25N3O/c1-2-3-4-14-6-5-13(11-15(14)16(17)20)12-19-9-7-18-8-10-19/h5-6,11,18H,2-4,7-10,12H2,1H3,(H2,17,20). The summed E-state index contributed by atoms with van der Waals surface area (Å²) in [6.07, 6.45) is 3.15. The predicted octanol–water partition coefficient (Wildman–Crippen LogP) is 1.53. The molecule has 4 nitrogen and oxygen atoms in total. The van der Waals surface area contributed by atoms with Crippen molar-refractivity contribution in [2.75, 3.05) is 26.2 Å². The first-order valence-electron chi connectivity index (χ1n) is 7.55. The molecule has 0 aromatic heterocycles. The van der Waals surface area contributed by atoms with Gasteiger partial charge in [-0.15, -0.1) is 0 Å². The lowest BCUT2D eigenvalue weighted by Gasteiger charge is -2.27. The first-order valence-corrected chi connectivity index (χ1v) is 7.55. The Morgan fingerprint density at radius 1 is 1.35 bits per heavy atom. The number of carbonyl (C=O) groups is 1. The minimum atomic E-state index is -0.307. The Bertz CT molecular complexity index is 453. The van der Waals surface area contributed by atoms with Gasteiger partial charge in [-0.3, -0.25) is 9.69 Å². The van der Waals surface area contributed by atoms with E-state index in [0.29, 0.717) is 5.56 Å². The molecule has 4 heteroatoms. The average Bonchev–Trinajstić information content (AvgIpc) is 2.47. The molecule has 0 saturated carbocycles. The summed E-state index contributed by atoms with van der Waals surface area (Å²) in [6, 6.07) is 6.20. The first kappa shape index (κ1) is 15.0. The molecule has 1 saturated heterocycles. The maximum atomic E-state index is 11.6. The van der Waals surface area contributed by atoms with Crippen LogP contribution < -0.4 is 11.1 Å². The molecule has 1 aromatic carbocycles. The maximum absolute atomic E-state index is 11.6. The summed E-state index contributed by atoms with van der Waals surface area (Å²) < 4.78 is 0. The van der Waals surface area contributed by atoms with Gasteiger partial charge in [-0.25, -0.2) is 0 Å². The van der Waals surface area contributed by atoms with Crippen LogP contribution in [0, 0.1) is 0 Å². The molecule has 3 N–H and O–H groups in total. The molecule has 1 heterocycles. The third kappa shape index (κ3) is 4.05. The number of rotatable bonds is 6. The molecule has 1 aromatic rings. The van der Waals surface area contributed by atoms with Crippen LogP contribution in [-0.4, -0.2) is 37.0 Å². The Morgan fingerprint density at radius 3 is 2.75 bits per heavy atom. The summed E-state index contributed by atoms with van der Waals surface area (Å²) in [6.45, 7) is 7.25. The van der Waals surface area contributed by atoms with Gasteiger partial charge in [0.05, 0.1) is 0 Å². The van der Waals surface area contributed by atoms with E-state index in [0.717, 1.165) is 57.5 Å². The zero-order valence-electron chi connectivity index (χ0n) is 12.3. The highest BCUT2D eigenvalue weighted by molar-refractivity contribution is 5.94. The molecule has 2 rings (SSSR count). The molecule has 0 aliphatic carbocycles. The smallest absolute Gasteiger partial charge is 0.248 e. The molecular formula is C16H25N3O. The Kier molecular flexibility index (Phi) is 5.56. The van der Waals surface area contributed by atoms with Gasteiger partial charge in [0.2, 0.25) is 5.91 Å². The van der Waals surface area contributed by atoms with Crippen molar-refractivity contribution in [1.29, 1.82) is 0 Å². The average molecular weight is 275 g/mol. The van der Waals surface area contributed by atoms with E-state index in [-0.39, 0.29) is 5.91 Å². The highest BCUT2D eigenvalue weighted by atomic mass is 16.1. The molecule has 1 aliphatic heterocycles. The largest absolute Gasteiger partial charge is 0.366 e. The topological polar surface area (TPSA) is 58.4 Å². The third-order valence-corrected chi connectivity index (χ3v) is 3.86. The van der Waals surface area contributed by atoms with Crippen LogP contribution in [0.3, 0.4) is 0 Å². The molecule has 0 bridgehead atoms. The van der Waals surface area contributed by atoms with Crippen molar-refractivity contribution < 1.29 is 4.79 Å². The molecule has 0 unspecified atom stereocenters. The van der Waals surface area contributed by atoms with Gasteiger partial charge in [-0.1, -0.05) is 25.5 Å². The van der Waals surface area contributed by atoms with E-state index in [4.69, 9.17) is 5.73 Å². The number of nitrogens with zero attached hydrogens (tertiary/aromatic N) is 1. The van der Waals surface area contributed by atoms with Crippen LogP contribution in [0.4, 0.5) is 0 Å². The second-order valence-electron chi connectivity index (χ2n) is 5.49. The zero-order chi connectivity index (χ0) is 14.4. The van der Waals surface area contributed by atoms with Crippen molar-refractivity contribution in [2.24, 2.45) is 5.73 Å². The van der Waals surface area contributed by atoms with Gasteiger partial charge in [-0.05, 0) is 30.0 Å². The van der Waals surface area contributed by atoms with Gasteiger partial charge in [0.25, 0.3) is 0 Å². The van der Waals surface area contributed by atoms with Crippen molar-refractivity contribution in [3.05, 3.63) is 34.9 Å². The molecule has 110 valence electrons. The van der Waals surface area contributed by atoms with E-state index in [1.165, 1.54) is 5.56 Å². The summed E-state index contributed by atoms with van der Waals surface area (Å²) in [4.78, 5) is 14.0. The molecule has 0 radical (unpaired) electrons. The number of hydrogen-bond donors (Lipinski definition) is 2. The predicted molar refractivity (Wildman–Crippen MR) is 81.7 cm³/mol. The highest BCUT2D eigenvalue weighted by Gasteiger charge is 2.13. The van der Waals surface area contributed by atoms with Gasteiger partial charge in [0.15, 0.2) is 0 Å². The number of primary amides is 1. The van der Waals surface area contributed by atoms with Crippen LogP contribution in [0.15, 0.2) is 18.2 Å². The Labute approximate surface area is 121 Å². The van der Waals surface area contributed by atoms with E-state index in [1.807, 2.05) is 6.07 Å². The molecule has 1 fully saturated rings. The molecule has 0 spiro atoms. The second kappa shape index (κ2) is 7.41. The van der Waals surface area contributed by atoms with E-state index >= 15 is 0 Å². The Balaban J connectivity index is 2.09. The zero-order valence-corrected chi connectivity index (χ0v) is 12.3. The monoisotopic (exact) mass is 275 g/mol. The lowest BCUT2D eigenvalue weighted by atomic mass is 9.98. The van der Waals surface area contributed by atoms with Gasteiger partial charge in [0, 0.05) is 38.3 Å². The molecule has 1 amide bonds. The van der Waals surface area contributed by atoms with Crippen molar-refractivity contribution in [2.45, 2.75) is 32.7 Å². The summed E-state index contributed by atoms with van der Waals surface area (Å²) in [5.74, 6) is -0.307. The Hall–Kier alpha value is -1.39. The highest BCUT2D eigenvalue weighted by Crippen LogP contribution is 2.16. The number of nitrogens with two attached hydrogens (primary N) is 1. The van der Waals surface area contributed by atoms with Gasteiger partial charge in [0.1, 0.15) is 0 Å². The summed E-state index contributed by atoms with van der Waals surface area (Å²) in [5.41, 5.74) is 8.49. The van der Waals surface area contributed by atoms with E-state index in [2.05, 4.69) is 29.3 Å². The van der Waals surface area contributed by atoms with Crippen LogP contribution in [0.25, 0.3) is 0 Å². The normalized spacial score (nSPS) is 16.2. The SMILES string of the molecule is CCCCc1ccc(CN2CCNCC2)cc1C(N)=O. The number of aryl methyl sites for hydroxylation is 1. The lowest BCUT2D eigenvalue weighted by molar-refractivity contribution is 0.0999. The lowest BCUT2D eigenvalue weighted by Crippen LogP contribution is -2.42. The minimum Gasteiger partial charge on any atom is -0.366 e. The van der Waals surface area contributed by atoms with E-state index in [1.54, 1.807) is 0 Å². The fraction of sp³-hybridized carbons (Fsp3) is 0.562. The molecule has 20 heavy (non-hydrogen) atoms. The second-order valence-corrected chi connectivity index (χ2v) is 5.49. The number of hydrogen-bond acceptors (Lipinski definition) is 3. The van der Waals surface area contributed by atoms with Crippen molar-refractivity contribution in [1.82, 2.24) is 10.2 Å².